The summed E-state index contributed by atoms with van der Waals surface area (Å²) >= 11 is 6.27. The summed E-state index contributed by atoms with van der Waals surface area (Å²) in [5, 5.41) is 10.5. The molecule has 0 bridgehead atoms. The van der Waals surface area contributed by atoms with E-state index in [9.17, 15) is 14.7 Å². The van der Waals surface area contributed by atoms with E-state index in [1.807, 2.05) is 24.3 Å². The molecule has 7 nitrogen and oxygen atoms in total. The molecule has 0 atom stereocenters. The van der Waals surface area contributed by atoms with Crippen molar-refractivity contribution in [3.63, 3.8) is 0 Å². The van der Waals surface area contributed by atoms with Crippen LogP contribution in [0.25, 0.3) is 17.1 Å². The van der Waals surface area contributed by atoms with Crippen LogP contribution in [0, 0.1) is 0 Å². The number of benzene rings is 2. The van der Waals surface area contributed by atoms with Gasteiger partial charge in [0.2, 0.25) is 0 Å². The summed E-state index contributed by atoms with van der Waals surface area (Å²) in [6.45, 7) is 0. The van der Waals surface area contributed by atoms with Gasteiger partial charge in [-0.1, -0.05) is 30.0 Å². The van der Waals surface area contributed by atoms with Gasteiger partial charge in [-0.25, -0.2) is 4.98 Å². The van der Waals surface area contributed by atoms with Crippen molar-refractivity contribution in [2.24, 2.45) is 0 Å². The highest BCUT2D eigenvalue weighted by atomic mass is 32.2. The molecule has 1 fully saturated rings. The Kier molecular flexibility index (Phi) is 4.76. The van der Waals surface area contributed by atoms with Gasteiger partial charge in [0, 0.05) is 5.56 Å². The Hall–Kier alpha value is -3.30. The van der Waals surface area contributed by atoms with Gasteiger partial charge in [0.05, 0.1) is 27.8 Å². The molecule has 2 amide bonds. The first-order valence-electron chi connectivity index (χ1n) is 8.11. The largest absolute Gasteiger partial charge is 0.508 e. The number of thioether (sulfide) groups is 1. The molecule has 0 unspecified atom stereocenters. The number of hydrogen-bond donors (Lipinski definition) is 2. The van der Waals surface area contributed by atoms with Crippen LogP contribution in [-0.2, 0) is 4.79 Å². The van der Waals surface area contributed by atoms with Crippen molar-refractivity contribution in [3.8, 4) is 5.75 Å². The number of carbonyl (C=O) groups is 2. The lowest BCUT2D eigenvalue weighted by molar-refractivity contribution is -0.123. The SMILES string of the molecule is O=C(NN1C(=O)/C(=C\c2cnc3ccccc3n2)SC1=S)c1cccc(O)c1. The number of nitrogens with one attached hydrogen (secondary N) is 1. The first kappa shape index (κ1) is 18.1. The Bertz CT molecular complexity index is 1160. The van der Waals surface area contributed by atoms with E-state index in [2.05, 4.69) is 15.4 Å². The highest BCUT2D eigenvalue weighted by molar-refractivity contribution is 8.26. The van der Waals surface area contributed by atoms with Crippen LogP contribution in [-0.4, -0.2) is 36.2 Å². The molecule has 9 heteroatoms. The average Bonchev–Trinajstić information content (AvgIpc) is 2.95. The number of phenolic OH excluding ortho intramolecular Hbond substituents is 1. The zero-order valence-corrected chi connectivity index (χ0v) is 15.8. The van der Waals surface area contributed by atoms with Crippen molar-refractivity contribution < 1.29 is 14.7 Å². The molecule has 4 rings (SSSR count). The summed E-state index contributed by atoms with van der Waals surface area (Å²) in [4.78, 5) is 34.1. The van der Waals surface area contributed by atoms with E-state index >= 15 is 0 Å². The quantitative estimate of drug-likeness (QED) is 0.508. The Morgan fingerprint density at radius 1 is 1.18 bits per heavy atom. The van der Waals surface area contributed by atoms with Gasteiger partial charge >= 0.3 is 0 Å². The van der Waals surface area contributed by atoms with Gasteiger partial charge < -0.3 is 5.11 Å². The topological polar surface area (TPSA) is 95.4 Å². The van der Waals surface area contributed by atoms with Crippen molar-refractivity contribution in [2.45, 2.75) is 0 Å². The molecule has 1 aromatic heterocycles. The summed E-state index contributed by atoms with van der Waals surface area (Å²) < 4.78 is 0.193. The minimum absolute atomic E-state index is 0.0483. The number of thiocarbonyl (C=S) groups is 1. The van der Waals surface area contributed by atoms with Crippen molar-refractivity contribution in [1.82, 2.24) is 20.4 Å². The number of amides is 2. The standard InChI is InChI=1S/C19H12N4O3S2/c24-13-5-3-4-11(8-13)17(25)22-23-18(26)16(28-19(23)27)9-12-10-20-14-6-1-2-7-15(14)21-12/h1-10,24H,(H,22,25)/b16-9+. The third-order valence-electron chi connectivity index (χ3n) is 3.86. The molecule has 28 heavy (non-hydrogen) atoms. The molecular formula is C19H12N4O3S2. The highest BCUT2D eigenvalue weighted by Crippen LogP contribution is 2.31. The van der Waals surface area contributed by atoms with Gasteiger partial charge in [0.15, 0.2) is 4.32 Å². The Morgan fingerprint density at radius 2 is 1.96 bits per heavy atom. The van der Waals surface area contributed by atoms with Gasteiger partial charge in [0.25, 0.3) is 11.8 Å². The lowest BCUT2D eigenvalue weighted by Gasteiger charge is -2.15. The van der Waals surface area contributed by atoms with Crippen LogP contribution in [0.4, 0.5) is 0 Å². The van der Waals surface area contributed by atoms with E-state index in [0.29, 0.717) is 16.1 Å². The van der Waals surface area contributed by atoms with E-state index < -0.39 is 11.8 Å². The monoisotopic (exact) mass is 408 g/mol. The summed E-state index contributed by atoms with van der Waals surface area (Å²) in [7, 11) is 0. The number of aromatic hydroxyl groups is 1. The number of aromatic nitrogens is 2. The number of phenols is 1. The molecule has 0 radical (unpaired) electrons. The maximum atomic E-state index is 12.7. The third kappa shape index (κ3) is 3.57. The number of hydrogen-bond acceptors (Lipinski definition) is 7. The van der Waals surface area contributed by atoms with Crippen molar-refractivity contribution >= 4 is 57.2 Å². The van der Waals surface area contributed by atoms with E-state index in [0.717, 1.165) is 22.3 Å². The maximum Gasteiger partial charge on any atom is 0.285 e. The van der Waals surface area contributed by atoms with Gasteiger partial charge in [-0.15, -0.1) is 0 Å². The molecule has 1 saturated heterocycles. The predicted molar refractivity (Wildman–Crippen MR) is 110 cm³/mol. The normalized spacial score (nSPS) is 15.4. The molecule has 1 aliphatic rings. The summed E-state index contributed by atoms with van der Waals surface area (Å²) in [6.07, 6.45) is 3.15. The van der Waals surface area contributed by atoms with E-state index in [1.165, 1.54) is 24.3 Å². The predicted octanol–water partition coefficient (Wildman–Crippen LogP) is 2.88. The van der Waals surface area contributed by atoms with E-state index in [4.69, 9.17) is 12.2 Å². The third-order valence-corrected chi connectivity index (χ3v) is 5.16. The number of fused-ring (bicyclic) bond motifs is 1. The van der Waals surface area contributed by atoms with Crippen LogP contribution in [0.5, 0.6) is 5.75 Å². The van der Waals surface area contributed by atoms with Gasteiger partial charge in [0.1, 0.15) is 5.75 Å². The van der Waals surface area contributed by atoms with Crippen LogP contribution >= 0.6 is 24.0 Å². The van der Waals surface area contributed by atoms with Crippen LogP contribution in [0.2, 0.25) is 0 Å². The summed E-state index contributed by atoms with van der Waals surface area (Å²) in [5.41, 5.74) is 4.65. The van der Waals surface area contributed by atoms with Crippen LogP contribution < -0.4 is 5.43 Å². The molecule has 2 N–H and O–H groups in total. The Balaban J connectivity index is 1.56. The molecule has 138 valence electrons. The molecule has 0 aliphatic carbocycles. The number of para-hydroxylation sites is 2. The lowest BCUT2D eigenvalue weighted by Crippen LogP contribution is -2.44. The first-order chi connectivity index (χ1) is 13.5. The van der Waals surface area contributed by atoms with Crippen LogP contribution in [0.3, 0.4) is 0 Å². The fourth-order valence-electron chi connectivity index (χ4n) is 2.55. The molecule has 2 aromatic carbocycles. The zero-order chi connectivity index (χ0) is 19.7. The molecule has 1 aliphatic heterocycles. The molecular weight excluding hydrogens is 396 g/mol. The fraction of sp³-hybridized carbons (Fsp3) is 0. The van der Waals surface area contributed by atoms with Gasteiger partial charge in [-0.3, -0.25) is 20.0 Å². The average molecular weight is 408 g/mol. The minimum atomic E-state index is -0.557. The van der Waals surface area contributed by atoms with Gasteiger partial charge in [-0.2, -0.15) is 5.01 Å². The van der Waals surface area contributed by atoms with Crippen molar-refractivity contribution in [2.75, 3.05) is 0 Å². The van der Waals surface area contributed by atoms with Crippen LogP contribution in [0.1, 0.15) is 16.1 Å². The van der Waals surface area contributed by atoms with Gasteiger partial charge in [-0.05, 0) is 48.6 Å². The molecule has 3 aromatic rings. The molecule has 0 saturated carbocycles. The Morgan fingerprint density at radius 3 is 2.75 bits per heavy atom. The van der Waals surface area contributed by atoms with Crippen molar-refractivity contribution in [1.29, 1.82) is 0 Å². The highest BCUT2D eigenvalue weighted by Gasteiger charge is 2.34. The second kappa shape index (κ2) is 7.37. The second-order valence-corrected chi connectivity index (χ2v) is 7.47. The Labute approximate surface area is 169 Å². The minimum Gasteiger partial charge on any atom is -0.508 e. The summed E-state index contributed by atoms with van der Waals surface area (Å²) in [5.74, 6) is -1.06. The second-order valence-electron chi connectivity index (χ2n) is 5.79. The van der Waals surface area contributed by atoms with E-state index in [-0.39, 0.29) is 15.6 Å². The maximum absolute atomic E-state index is 12.7. The fourth-order valence-corrected chi connectivity index (χ4v) is 3.72. The lowest BCUT2D eigenvalue weighted by atomic mass is 10.2. The van der Waals surface area contributed by atoms with Crippen LogP contribution in [0.15, 0.2) is 59.6 Å². The first-order valence-corrected chi connectivity index (χ1v) is 9.33. The number of hydrazine groups is 1. The summed E-state index contributed by atoms with van der Waals surface area (Å²) in [6, 6.07) is 13.2. The smallest absolute Gasteiger partial charge is 0.285 e. The van der Waals surface area contributed by atoms with Crippen molar-refractivity contribution in [3.05, 3.63) is 70.9 Å². The van der Waals surface area contributed by atoms with E-state index in [1.54, 1.807) is 12.3 Å². The number of nitrogens with zero attached hydrogens (tertiary/aromatic N) is 3. The molecule has 2 heterocycles. The zero-order valence-electron chi connectivity index (χ0n) is 14.2. The number of rotatable bonds is 3. The molecule has 0 spiro atoms. The number of carbonyl (C=O) groups excluding carboxylic acids is 2.